The Kier molecular flexibility index (Phi) is 4.95. The summed E-state index contributed by atoms with van der Waals surface area (Å²) in [7, 11) is 7.70. The predicted molar refractivity (Wildman–Crippen MR) is 91.0 cm³/mol. The zero-order valence-electron chi connectivity index (χ0n) is 13.2. The van der Waals surface area contributed by atoms with Crippen LogP contribution in [0, 0.1) is 6.92 Å². The molecule has 0 aromatic heterocycles. The molecule has 0 saturated carbocycles. The number of anilines is 1. The highest BCUT2D eigenvalue weighted by Crippen LogP contribution is 2.24. The van der Waals surface area contributed by atoms with Gasteiger partial charge in [-0.05, 0) is 36.1 Å². The van der Waals surface area contributed by atoms with Gasteiger partial charge in [0.2, 0.25) is 0 Å². The fourth-order valence-electron chi connectivity index (χ4n) is 2.30. The molecule has 0 bridgehead atoms. The molecule has 2 radical (unpaired) electrons. The van der Waals surface area contributed by atoms with Gasteiger partial charge in [0.1, 0.15) is 20.2 Å². The minimum absolute atomic E-state index is 0.520. The number of rotatable bonds is 5. The fourth-order valence-corrected chi connectivity index (χ4v) is 2.30. The molecule has 0 atom stereocenters. The molecule has 2 aromatic carbocycles. The molecule has 21 heavy (non-hydrogen) atoms. The second kappa shape index (κ2) is 6.71. The largest absolute Gasteiger partial charge is 0.489 e. The molecule has 2 nitrogen and oxygen atoms in total. The first-order valence-electron chi connectivity index (χ1n) is 7.30. The van der Waals surface area contributed by atoms with Gasteiger partial charge in [-0.15, -0.1) is 0 Å². The Labute approximate surface area is 128 Å². The van der Waals surface area contributed by atoms with Gasteiger partial charge in [-0.3, -0.25) is 0 Å². The van der Waals surface area contributed by atoms with Crippen LogP contribution in [-0.4, -0.2) is 14.9 Å². The Morgan fingerprint density at radius 3 is 2.52 bits per heavy atom. The summed E-state index contributed by atoms with van der Waals surface area (Å²) in [6, 6.07) is 12.2. The molecular weight excluding hydrogens is 257 g/mol. The minimum atomic E-state index is 0.520. The van der Waals surface area contributed by atoms with Gasteiger partial charge in [0.15, 0.2) is 0 Å². The third-order valence-corrected chi connectivity index (χ3v) is 3.65. The molecule has 0 fully saturated rings. The van der Waals surface area contributed by atoms with Crippen molar-refractivity contribution in [1.82, 2.24) is 0 Å². The Hall–Kier alpha value is -1.90. The Morgan fingerprint density at radius 2 is 1.90 bits per heavy atom. The molecule has 0 spiro atoms. The third-order valence-electron chi connectivity index (χ3n) is 3.65. The second-order valence-electron chi connectivity index (χ2n) is 5.63. The first-order valence-corrected chi connectivity index (χ1v) is 7.30. The van der Waals surface area contributed by atoms with Crippen LogP contribution in [0.25, 0.3) is 0 Å². The van der Waals surface area contributed by atoms with Crippen LogP contribution >= 0.6 is 0 Å². The normalized spacial score (nSPS) is 10.7. The lowest BCUT2D eigenvalue weighted by Gasteiger charge is -2.15. The summed E-state index contributed by atoms with van der Waals surface area (Å²) in [6.45, 7) is 6.94. The number of ether oxygens (including phenoxy) is 1. The molecule has 108 valence electrons. The third kappa shape index (κ3) is 3.81. The smallest absolute Gasteiger partial charge is 0.122 e. The van der Waals surface area contributed by atoms with E-state index >= 15 is 0 Å². The van der Waals surface area contributed by atoms with E-state index in [0.717, 1.165) is 28.0 Å². The molecule has 0 saturated heterocycles. The lowest BCUT2D eigenvalue weighted by molar-refractivity contribution is 0.305. The van der Waals surface area contributed by atoms with Gasteiger partial charge in [0.25, 0.3) is 0 Å². The van der Waals surface area contributed by atoms with Crippen molar-refractivity contribution in [3.8, 4) is 5.75 Å². The standard InChI is InChI=1S/C18H22BNO/c1-12(2)14-5-6-15(17(10-14)20-4)11-21-18-8-7-16(19)9-13(18)3/h5-10,12,20H,11H2,1-4H3. The van der Waals surface area contributed by atoms with Crippen molar-refractivity contribution < 1.29 is 4.74 Å². The van der Waals surface area contributed by atoms with E-state index in [-0.39, 0.29) is 0 Å². The highest BCUT2D eigenvalue weighted by molar-refractivity contribution is 6.32. The molecular formula is C18H22BNO. The molecule has 2 aromatic rings. The maximum Gasteiger partial charge on any atom is 0.122 e. The Bertz CT molecular complexity index is 623. The topological polar surface area (TPSA) is 21.3 Å². The van der Waals surface area contributed by atoms with Gasteiger partial charge in [0.05, 0.1) is 0 Å². The van der Waals surface area contributed by atoms with Crippen molar-refractivity contribution in [2.45, 2.75) is 33.3 Å². The summed E-state index contributed by atoms with van der Waals surface area (Å²) in [5.74, 6) is 1.39. The SMILES string of the molecule is [B]c1ccc(OCc2ccc(C(C)C)cc2NC)c(C)c1. The zero-order valence-corrected chi connectivity index (χ0v) is 13.2. The lowest BCUT2D eigenvalue weighted by atomic mass is 9.94. The van der Waals surface area contributed by atoms with Crippen molar-refractivity contribution in [2.24, 2.45) is 0 Å². The van der Waals surface area contributed by atoms with E-state index in [1.165, 1.54) is 5.56 Å². The summed E-state index contributed by atoms with van der Waals surface area (Å²) in [4.78, 5) is 0. The fraction of sp³-hybridized carbons (Fsp3) is 0.333. The van der Waals surface area contributed by atoms with Crippen molar-refractivity contribution in [1.29, 1.82) is 0 Å². The predicted octanol–water partition coefficient (Wildman–Crippen LogP) is 3.53. The highest BCUT2D eigenvalue weighted by atomic mass is 16.5. The van der Waals surface area contributed by atoms with Crippen LogP contribution < -0.4 is 15.5 Å². The molecule has 0 aliphatic heterocycles. The van der Waals surface area contributed by atoms with Crippen LogP contribution in [0.15, 0.2) is 36.4 Å². The number of aryl methyl sites for hydroxylation is 1. The van der Waals surface area contributed by atoms with Crippen LogP contribution in [0.4, 0.5) is 5.69 Å². The minimum Gasteiger partial charge on any atom is -0.489 e. The van der Waals surface area contributed by atoms with Gasteiger partial charge in [0, 0.05) is 18.3 Å². The zero-order chi connectivity index (χ0) is 15.4. The summed E-state index contributed by atoms with van der Waals surface area (Å²) in [6.07, 6.45) is 0. The second-order valence-corrected chi connectivity index (χ2v) is 5.63. The molecule has 1 N–H and O–H groups in total. The van der Waals surface area contributed by atoms with Crippen molar-refractivity contribution in [3.05, 3.63) is 53.1 Å². The van der Waals surface area contributed by atoms with Gasteiger partial charge in [-0.1, -0.05) is 43.6 Å². The summed E-state index contributed by atoms with van der Waals surface area (Å²) < 4.78 is 5.93. The molecule has 0 unspecified atom stereocenters. The van der Waals surface area contributed by atoms with E-state index in [1.807, 2.05) is 32.2 Å². The van der Waals surface area contributed by atoms with Gasteiger partial charge < -0.3 is 10.1 Å². The van der Waals surface area contributed by atoms with Crippen LogP contribution in [0.3, 0.4) is 0 Å². The number of nitrogens with one attached hydrogen (secondary N) is 1. The first kappa shape index (κ1) is 15.5. The highest BCUT2D eigenvalue weighted by Gasteiger charge is 2.07. The van der Waals surface area contributed by atoms with Crippen molar-refractivity contribution in [2.75, 3.05) is 12.4 Å². The molecule has 3 heteroatoms. The quantitative estimate of drug-likeness (QED) is 0.845. The average Bonchev–Trinajstić information content (AvgIpc) is 2.46. The summed E-state index contributed by atoms with van der Waals surface area (Å²) in [5.41, 5.74) is 5.41. The monoisotopic (exact) mass is 279 g/mol. The van der Waals surface area contributed by atoms with Crippen molar-refractivity contribution in [3.63, 3.8) is 0 Å². The Morgan fingerprint density at radius 1 is 1.14 bits per heavy atom. The number of hydrogen-bond acceptors (Lipinski definition) is 2. The van der Waals surface area contributed by atoms with E-state index < -0.39 is 0 Å². The van der Waals surface area contributed by atoms with Gasteiger partial charge >= 0.3 is 0 Å². The van der Waals surface area contributed by atoms with E-state index in [1.54, 1.807) is 0 Å². The maximum absolute atomic E-state index is 5.93. The summed E-state index contributed by atoms with van der Waals surface area (Å²) >= 11 is 0. The van der Waals surface area contributed by atoms with Crippen molar-refractivity contribution >= 4 is 19.0 Å². The Balaban J connectivity index is 2.16. The lowest BCUT2D eigenvalue weighted by Crippen LogP contribution is -2.06. The van der Waals surface area contributed by atoms with Gasteiger partial charge in [-0.2, -0.15) is 0 Å². The van der Waals surface area contributed by atoms with E-state index in [0.29, 0.717) is 12.5 Å². The molecule has 2 rings (SSSR count). The summed E-state index contributed by atoms with van der Waals surface area (Å²) in [5, 5.41) is 3.25. The average molecular weight is 279 g/mol. The number of benzene rings is 2. The van der Waals surface area contributed by atoms with Gasteiger partial charge in [-0.25, -0.2) is 0 Å². The van der Waals surface area contributed by atoms with E-state index in [9.17, 15) is 0 Å². The van der Waals surface area contributed by atoms with Crippen LogP contribution in [0.1, 0.15) is 36.5 Å². The molecule has 0 aliphatic rings. The van der Waals surface area contributed by atoms with E-state index in [4.69, 9.17) is 12.6 Å². The molecule has 0 amide bonds. The van der Waals surface area contributed by atoms with Crippen LogP contribution in [-0.2, 0) is 6.61 Å². The van der Waals surface area contributed by atoms with Crippen LogP contribution in [0.2, 0.25) is 0 Å². The molecule has 0 heterocycles. The maximum atomic E-state index is 5.93. The van der Waals surface area contributed by atoms with Crippen LogP contribution in [0.5, 0.6) is 5.75 Å². The first-order chi connectivity index (χ1) is 10.0. The number of hydrogen-bond donors (Lipinski definition) is 1. The molecule has 0 aliphatic carbocycles. The van der Waals surface area contributed by atoms with E-state index in [2.05, 4.69) is 37.4 Å².